The molecule has 6 nitrogen and oxygen atoms in total. The summed E-state index contributed by atoms with van der Waals surface area (Å²) in [5, 5.41) is 17.9. The molecule has 6 heteroatoms. The van der Waals surface area contributed by atoms with Crippen LogP contribution in [0.25, 0.3) is 0 Å². The molecule has 4 heterocycles. The summed E-state index contributed by atoms with van der Waals surface area (Å²) in [4.78, 5) is 6.57. The highest BCUT2D eigenvalue weighted by atomic mass is 15.3. The molecule has 23 heavy (non-hydrogen) atoms. The molecular weight excluding hydrogens is 288 g/mol. The van der Waals surface area contributed by atoms with Gasteiger partial charge in [0.05, 0.1) is 17.9 Å². The zero-order valence-electron chi connectivity index (χ0n) is 13.1. The van der Waals surface area contributed by atoms with Crippen molar-refractivity contribution in [3.8, 4) is 6.07 Å². The van der Waals surface area contributed by atoms with Crippen LogP contribution in [0.2, 0.25) is 0 Å². The summed E-state index contributed by atoms with van der Waals surface area (Å²) in [6.07, 6.45) is 8.78. The van der Waals surface area contributed by atoms with E-state index in [1.807, 2.05) is 6.07 Å². The van der Waals surface area contributed by atoms with Crippen LogP contribution in [0.4, 0.5) is 5.69 Å². The fraction of sp³-hybridized carbons (Fsp3) is 0.529. The molecule has 2 aliphatic heterocycles. The van der Waals surface area contributed by atoms with Crippen molar-refractivity contribution < 1.29 is 0 Å². The van der Waals surface area contributed by atoms with Crippen LogP contribution in [0.3, 0.4) is 0 Å². The second-order valence-corrected chi connectivity index (χ2v) is 6.30. The molecule has 0 aliphatic carbocycles. The lowest BCUT2D eigenvalue weighted by Gasteiger charge is -2.26. The van der Waals surface area contributed by atoms with E-state index in [-0.39, 0.29) is 6.04 Å². The van der Waals surface area contributed by atoms with Crippen molar-refractivity contribution in [1.82, 2.24) is 19.7 Å². The summed E-state index contributed by atoms with van der Waals surface area (Å²) < 4.78 is 2.34. The maximum absolute atomic E-state index is 8.91. The number of aryl methyl sites for hydroxylation is 1. The number of aromatic nitrogens is 4. The molecular formula is C17H20N6. The minimum absolute atomic E-state index is 0.268. The van der Waals surface area contributed by atoms with Crippen LogP contribution in [0.15, 0.2) is 18.3 Å². The number of nitriles is 1. The first kappa shape index (κ1) is 14.2. The lowest BCUT2D eigenvalue weighted by atomic mass is 10.2. The Morgan fingerprint density at radius 3 is 2.87 bits per heavy atom. The third kappa shape index (κ3) is 2.56. The number of pyridine rings is 1. The van der Waals surface area contributed by atoms with E-state index in [0.29, 0.717) is 5.69 Å². The van der Waals surface area contributed by atoms with E-state index >= 15 is 0 Å². The monoisotopic (exact) mass is 308 g/mol. The van der Waals surface area contributed by atoms with Gasteiger partial charge in [-0.2, -0.15) is 5.26 Å². The van der Waals surface area contributed by atoms with E-state index in [2.05, 4.69) is 30.7 Å². The van der Waals surface area contributed by atoms with Gasteiger partial charge in [0, 0.05) is 19.5 Å². The maximum atomic E-state index is 8.91. The Morgan fingerprint density at radius 1 is 1.09 bits per heavy atom. The molecule has 1 unspecified atom stereocenters. The Kier molecular flexibility index (Phi) is 3.70. The zero-order chi connectivity index (χ0) is 15.6. The zero-order valence-corrected chi connectivity index (χ0v) is 13.1. The minimum Gasteiger partial charge on any atom is -0.360 e. The van der Waals surface area contributed by atoms with Crippen molar-refractivity contribution in [2.45, 2.75) is 51.1 Å². The molecule has 2 aliphatic rings. The van der Waals surface area contributed by atoms with Gasteiger partial charge in [0.25, 0.3) is 0 Å². The number of nitrogens with zero attached hydrogens (tertiary/aromatic N) is 6. The van der Waals surface area contributed by atoms with Gasteiger partial charge < -0.3 is 9.47 Å². The molecule has 0 bridgehead atoms. The lowest BCUT2D eigenvalue weighted by Crippen LogP contribution is -2.25. The molecule has 2 aromatic heterocycles. The third-order valence-electron chi connectivity index (χ3n) is 4.88. The SMILES string of the molecule is N#Cc1ccc(N2CCCC2c2nnc3n2CCCCC3)cn1. The molecule has 0 saturated carbocycles. The van der Waals surface area contributed by atoms with Gasteiger partial charge in [-0.05, 0) is 37.8 Å². The highest BCUT2D eigenvalue weighted by molar-refractivity contribution is 5.48. The van der Waals surface area contributed by atoms with Gasteiger partial charge in [0.1, 0.15) is 17.6 Å². The van der Waals surface area contributed by atoms with Crippen LogP contribution < -0.4 is 4.90 Å². The maximum Gasteiger partial charge on any atom is 0.155 e. The first-order chi connectivity index (χ1) is 11.4. The number of fused-ring (bicyclic) bond motifs is 1. The fourth-order valence-electron chi connectivity index (χ4n) is 3.72. The summed E-state index contributed by atoms with van der Waals surface area (Å²) in [7, 11) is 0. The highest BCUT2D eigenvalue weighted by Gasteiger charge is 2.31. The molecule has 1 saturated heterocycles. The van der Waals surface area contributed by atoms with Gasteiger partial charge in [0.15, 0.2) is 5.82 Å². The Bertz CT molecular complexity index is 727. The van der Waals surface area contributed by atoms with Crippen LogP contribution in [-0.2, 0) is 13.0 Å². The molecule has 0 aromatic carbocycles. The molecule has 0 radical (unpaired) electrons. The fourth-order valence-corrected chi connectivity index (χ4v) is 3.72. The van der Waals surface area contributed by atoms with Gasteiger partial charge in [-0.15, -0.1) is 10.2 Å². The van der Waals surface area contributed by atoms with Crippen molar-refractivity contribution in [2.75, 3.05) is 11.4 Å². The summed E-state index contributed by atoms with van der Waals surface area (Å²) in [5.74, 6) is 2.24. The number of anilines is 1. The molecule has 4 rings (SSSR count). The van der Waals surface area contributed by atoms with E-state index in [1.165, 1.54) is 19.3 Å². The van der Waals surface area contributed by atoms with Gasteiger partial charge >= 0.3 is 0 Å². The van der Waals surface area contributed by atoms with Crippen LogP contribution >= 0.6 is 0 Å². The predicted octanol–water partition coefficient (Wildman–Crippen LogP) is 2.61. The van der Waals surface area contributed by atoms with Gasteiger partial charge in [0.2, 0.25) is 0 Å². The molecule has 0 amide bonds. The molecule has 0 N–H and O–H groups in total. The van der Waals surface area contributed by atoms with Crippen LogP contribution in [0, 0.1) is 11.3 Å². The Morgan fingerprint density at radius 2 is 2.04 bits per heavy atom. The van der Waals surface area contributed by atoms with Gasteiger partial charge in [-0.3, -0.25) is 0 Å². The van der Waals surface area contributed by atoms with Crippen molar-refractivity contribution in [2.24, 2.45) is 0 Å². The van der Waals surface area contributed by atoms with E-state index in [1.54, 1.807) is 12.3 Å². The van der Waals surface area contributed by atoms with Crippen LogP contribution in [0.1, 0.15) is 55.5 Å². The standard InChI is InChI=1S/C17H20N6/c18-11-13-7-8-14(12-19-13)22-10-4-5-15(22)17-21-20-16-6-2-1-3-9-23(16)17/h7-8,12,15H,1-6,9-10H2. The molecule has 2 aromatic rings. The first-order valence-corrected chi connectivity index (χ1v) is 8.41. The normalized spacial score (nSPS) is 20.8. The van der Waals surface area contributed by atoms with Crippen LogP contribution in [0.5, 0.6) is 0 Å². The topological polar surface area (TPSA) is 70.6 Å². The van der Waals surface area contributed by atoms with E-state index in [9.17, 15) is 0 Å². The minimum atomic E-state index is 0.268. The first-order valence-electron chi connectivity index (χ1n) is 8.41. The van der Waals surface area contributed by atoms with Crippen molar-refractivity contribution in [3.63, 3.8) is 0 Å². The molecule has 118 valence electrons. The largest absolute Gasteiger partial charge is 0.360 e. The van der Waals surface area contributed by atoms with Crippen LogP contribution in [-0.4, -0.2) is 26.3 Å². The summed E-state index contributed by atoms with van der Waals surface area (Å²) >= 11 is 0. The third-order valence-corrected chi connectivity index (χ3v) is 4.88. The van der Waals surface area contributed by atoms with E-state index in [0.717, 1.165) is 49.7 Å². The van der Waals surface area contributed by atoms with E-state index in [4.69, 9.17) is 5.26 Å². The Labute approximate surface area is 135 Å². The average Bonchev–Trinajstić information content (AvgIpc) is 3.16. The average molecular weight is 308 g/mol. The van der Waals surface area contributed by atoms with Gasteiger partial charge in [-0.25, -0.2) is 4.98 Å². The number of hydrogen-bond acceptors (Lipinski definition) is 5. The van der Waals surface area contributed by atoms with E-state index < -0.39 is 0 Å². The summed E-state index contributed by atoms with van der Waals surface area (Å²) in [6, 6.07) is 6.12. The second kappa shape index (κ2) is 5.99. The van der Waals surface area contributed by atoms with Crippen molar-refractivity contribution >= 4 is 5.69 Å². The number of hydrogen-bond donors (Lipinski definition) is 0. The van der Waals surface area contributed by atoms with Gasteiger partial charge in [-0.1, -0.05) is 6.42 Å². The van der Waals surface area contributed by atoms with Crippen molar-refractivity contribution in [1.29, 1.82) is 5.26 Å². The molecule has 0 spiro atoms. The summed E-state index contributed by atoms with van der Waals surface area (Å²) in [5.41, 5.74) is 1.53. The Balaban J connectivity index is 1.65. The number of rotatable bonds is 2. The highest BCUT2D eigenvalue weighted by Crippen LogP contribution is 2.35. The second-order valence-electron chi connectivity index (χ2n) is 6.30. The molecule has 1 fully saturated rings. The quantitative estimate of drug-likeness (QED) is 0.853. The van der Waals surface area contributed by atoms with Crippen molar-refractivity contribution in [3.05, 3.63) is 35.7 Å². The smallest absolute Gasteiger partial charge is 0.155 e. The summed E-state index contributed by atoms with van der Waals surface area (Å²) in [6.45, 7) is 2.04. The Hall–Kier alpha value is -2.42. The predicted molar refractivity (Wildman–Crippen MR) is 85.9 cm³/mol. The lowest BCUT2D eigenvalue weighted by molar-refractivity contribution is 0.559. The molecule has 1 atom stereocenters.